The summed E-state index contributed by atoms with van der Waals surface area (Å²) in [6.45, 7) is 3.63. The minimum absolute atomic E-state index is 0.0197. The molecule has 0 unspecified atom stereocenters. The van der Waals surface area contributed by atoms with E-state index < -0.39 is 15.4 Å². The van der Waals surface area contributed by atoms with Gasteiger partial charge in [0, 0.05) is 14.1 Å². The molecule has 0 bridgehead atoms. The van der Waals surface area contributed by atoms with Gasteiger partial charge in [-0.05, 0) is 37.1 Å². The Kier molecular flexibility index (Phi) is 5.65. The molecule has 0 saturated heterocycles. The third kappa shape index (κ3) is 4.27. The van der Waals surface area contributed by atoms with Gasteiger partial charge in [0.05, 0.1) is 10.3 Å². The number of esters is 1. The predicted octanol–water partition coefficient (Wildman–Crippen LogP) is 2.96. The molecule has 0 atom stereocenters. The number of sulfonamides is 1. The lowest BCUT2D eigenvalue weighted by atomic mass is 9.85. The molecule has 0 aliphatic heterocycles. The number of carbonyl (C=O) groups is 1. The number of benzene rings is 2. The Morgan fingerprint density at radius 1 is 1.04 bits per heavy atom. The van der Waals surface area contributed by atoms with Crippen molar-refractivity contribution in [3.05, 3.63) is 65.7 Å². The van der Waals surface area contributed by atoms with E-state index in [4.69, 9.17) is 4.74 Å². The first-order valence-corrected chi connectivity index (χ1v) is 9.34. The number of nitrogens with zero attached hydrogens (tertiary/aromatic N) is 1. The molecule has 0 amide bonds. The van der Waals surface area contributed by atoms with Gasteiger partial charge in [-0.1, -0.05) is 42.5 Å². The zero-order valence-electron chi connectivity index (χ0n) is 14.9. The molecule has 0 saturated carbocycles. The normalized spacial score (nSPS) is 12.2. The summed E-state index contributed by atoms with van der Waals surface area (Å²) in [6.07, 6.45) is 0. The number of rotatable bonds is 6. The van der Waals surface area contributed by atoms with E-state index in [0.717, 1.165) is 9.87 Å². The zero-order chi connectivity index (χ0) is 18.7. The number of carbonyl (C=O) groups excluding carboxylic acids is 1. The second kappa shape index (κ2) is 7.37. The Morgan fingerprint density at radius 2 is 1.68 bits per heavy atom. The smallest absolute Gasteiger partial charge is 0.316 e. The topological polar surface area (TPSA) is 63.7 Å². The summed E-state index contributed by atoms with van der Waals surface area (Å²) < 4.78 is 30.9. The summed E-state index contributed by atoms with van der Waals surface area (Å²) in [5, 5.41) is 0. The maximum Gasteiger partial charge on any atom is 0.316 e. The quantitative estimate of drug-likeness (QED) is 0.742. The van der Waals surface area contributed by atoms with Crippen LogP contribution in [-0.2, 0) is 31.6 Å². The summed E-state index contributed by atoms with van der Waals surface area (Å²) in [6, 6.07) is 15.8. The van der Waals surface area contributed by atoms with Crippen LogP contribution in [0.1, 0.15) is 25.0 Å². The molecule has 0 heterocycles. The van der Waals surface area contributed by atoms with E-state index in [1.54, 1.807) is 26.0 Å². The van der Waals surface area contributed by atoms with Crippen LogP contribution in [0, 0.1) is 0 Å². The molecule has 25 heavy (non-hydrogen) atoms. The highest BCUT2D eigenvalue weighted by Gasteiger charge is 2.31. The first kappa shape index (κ1) is 19.1. The highest BCUT2D eigenvalue weighted by atomic mass is 32.2. The van der Waals surface area contributed by atoms with Gasteiger partial charge in [0.2, 0.25) is 10.0 Å². The van der Waals surface area contributed by atoms with Crippen LogP contribution in [0.5, 0.6) is 0 Å². The summed E-state index contributed by atoms with van der Waals surface area (Å²) in [5.74, 6) is -0.362. The average Bonchev–Trinajstić information content (AvgIpc) is 2.60. The monoisotopic (exact) mass is 361 g/mol. The van der Waals surface area contributed by atoms with Gasteiger partial charge in [0.25, 0.3) is 0 Å². The molecule has 0 N–H and O–H groups in total. The van der Waals surface area contributed by atoms with E-state index in [1.807, 2.05) is 30.3 Å². The Morgan fingerprint density at radius 3 is 2.28 bits per heavy atom. The Bertz CT molecular complexity index is 843. The molecule has 0 fully saturated rings. The van der Waals surface area contributed by atoms with Crippen LogP contribution in [-0.4, -0.2) is 32.8 Å². The fourth-order valence-electron chi connectivity index (χ4n) is 2.31. The lowest BCUT2D eigenvalue weighted by Gasteiger charge is -2.23. The first-order valence-electron chi connectivity index (χ1n) is 7.90. The molecule has 0 aliphatic rings. The van der Waals surface area contributed by atoms with Crippen LogP contribution >= 0.6 is 0 Å². The summed E-state index contributed by atoms with van der Waals surface area (Å²) in [5.41, 5.74) is 0.707. The number of hydrogen-bond acceptors (Lipinski definition) is 4. The van der Waals surface area contributed by atoms with Gasteiger partial charge in [-0.15, -0.1) is 0 Å². The Labute approximate surface area is 149 Å². The highest BCUT2D eigenvalue weighted by molar-refractivity contribution is 7.89. The standard InChI is InChI=1S/C19H23NO4S/c1-19(2,16-10-6-5-7-11-16)18(21)24-14-15-9-8-12-17(13-15)25(22,23)20(3)4/h5-13H,14H2,1-4H3. The Balaban J connectivity index is 2.13. The fourth-order valence-corrected chi connectivity index (χ4v) is 3.28. The van der Waals surface area contributed by atoms with Crippen LogP contribution in [0.4, 0.5) is 0 Å². The largest absolute Gasteiger partial charge is 0.460 e. The molecule has 2 aromatic carbocycles. The van der Waals surface area contributed by atoms with Crippen LogP contribution < -0.4 is 0 Å². The maximum atomic E-state index is 12.5. The summed E-state index contributed by atoms with van der Waals surface area (Å²) in [7, 11) is -0.563. The van der Waals surface area contributed by atoms with Gasteiger partial charge >= 0.3 is 5.97 Å². The van der Waals surface area contributed by atoms with Crippen LogP contribution in [0.25, 0.3) is 0 Å². The second-order valence-corrected chi connectivity index (χ2v) is 8.65. The van der Waals surface area contributed by atoms with Crippen molar-refractivity contribution < 1.29 is 17.9 Å². The van der Waals surface area contributed by atoms with Crippen molar-refractivity contribution in [2.75, 3.05) is 14.1 Å². The van der Waals surface area contributed by atoms with Crippen molar-refractivity contribution in [2.24, 2.45) is 0 Å². The van der Waals surface area contributed by atoms with Crippen molar-refractivity contribution >= 4 is 16.0 Å². The predicted molar refractivity (Wildman–Crippen MR) is 96.6 cm³/mol. The van der Waals surface area contributed by atoms with E-state index in [2.05, 4.69) is 0 Å². The van der Waals surface area contributed by atoms with E-state index in [1.165, 1.54) is 26.2 Å². The summed E-state index contributed by atoms with van der Waals surface area (Å²) in [4.78, 5) is 12.7. The lowest BCUT2D eigenvalue weighted by molar-refractivity contribution is -0.150. The van der Waals surface area contributed by atoms with Crippen LogP contribution in [0.2, 0.25) is 0 Å². The minimum Gasteiger partial charge on any atom is -0.460 e. The SMILES string of the molecule is CN(C)S(=O)(=O)c1cccc(COC(=O)C(C)(C)c2ccccc2)c1. The van der Waals surface area contributed by atoms with Gasteiger partial charge in [-0.25, -0.2) is 12.7 Å². The van der Waals surface area contributed by atoms with Crippen molar-refractivity contribution in [1.82, 2.24) is 4.31 Å². The van der Waals surface area contributed by atoms with Gasteiger partial charge < -0.3 is 4.74 Å². The van der Waals surface area contributed by atoms with Gasteiger partial charge in [-0.2, -0.15) is 0 Å². The highest BCUT2D eigenvalue weighted by Crippen LogP contribution is 2.25. The van der Waals surface area contributed by atoms with Gasteiger partial charge in [-0.3, -0.25) is 4.79 Å². The molecule has 2 rings (SSSR count). The third-order valence-electron chi connectivity index (χ3n) is 4.05. The molecule has 134 valence electrons. The molecular formula is C19H23NO4S. The van der Waals surface area contributed by atoms with Crippen LogP contribution in [0.15, 0.2) is 59.5 Å². The fraction of sp³-hybridized carbons (Fsp3) is 0.316. The third-order valence-corrected chi connectivity index (χ3v) is 5.86. The first-order chi connectivity index (χ1) is 11.7. The van der Waals surface area contributed by atoms with Gasteiger partial charge in [0.15, 0.2) is 0 Å². The zero-order valence-corrected chi connectivity index (χ0v) is 15.7. The van der Waals surface area contributed by atoms with E-state index in [-0.39, 0.29) is 17.5 Å². The molecule has 5 nitrogen and oxygen atoms in total. The average molecular weight is 361 g/mol. The molecule has 2 aromatic rings. The summed E-state index contributed by atoms with van der Waals surface area (Å²) >= 11 is 0. The second-order valence-electron chi connectivity index (χ2n) is 6.50. The maximum absolute atomic E-state index is 12.5. The molecule has 0 aliphatic carbocycles. The van der Waals surface area contributed by atoms with Crippen molar-refractivity contribution in [2.45, 2.75) is 30.8 Å². The number of ether oxygens (including phenoxy) is 1. The van der Waals surface area contributed by atoms with E-state index >= 15 is 0 Å². The van der Waals surface area contributed by atoms with E-state index in [0.29, 0.717) is 5.56 Å². The molecule has 6 heteroatoms. The lowest BCUT2D eigenvalue weighted by Crippen LogP contribution is -2.31. The Hall–Kier alpha value is -2.18. The van der Waals surface area contributed by atoms with E-state index in [9.17, 15) is 13.2 Å². The number of hydrogen-bond donors (Lipinski definition) is 0. The molecule has 0 aromatic heterocycles. The van der Waals surface area contributed by atoms with Gasteiger partial charge in [0.1, 0.15) is 6.61 Å². The van der Waals surface area contributed by atoms with Crippen molar-refractivity contribution in [3.8, 4) is 0 Å². The molecule has 0 spiro atoms. The van der Waals surface area contributed by atoms with Crippen molar-refractivity contribution in [3.63, 3.8) is 0 Å². The van der Waals surface area contributed by atoms with Crippen molar-refractivity contribution in [1.29, 1.82) is 0 Å². The minimum atomic E-state index is -3.52. The van der Waals surface area contributed by atoms with Crippen LogP contribution in [0.3, 0.4) is 0 Å². The molecular weight excluding hydrogens is 338 g/mol. The molecule has 0 radical (unpaired) electrons.